The van der Waals surface area contributed by atoms with Crippen LogP contribution in [-0.2, 0) is 0 Å². The quantitative estimate of drug-likeness (QED) is 0.174. The van der Waals surface area contributed by atoms with Crippen LogP contribution in [0.5, 0.6) is 0 Å². The Morgan fingerprint density at radius 3 is 1.56 bits per heavy atom. The van der Waals surface area contributed by atoms with Gasteiger partial charge in [0, 0.05) is 38.2 Å². The van der Waals surface area contributed by atoms with Crippen molar-refractivity contribution in [2.75, 3.05) is 0 Å². The van der Waals surface area contributed by atoms with Gasteiger partial charge >= 0.3 is 0 Å². The lowest BCUT2D eigenvalue weighted by Gasteiger charge is -2.13. The fourth-order valence-corrected chi connectivity index (χ4v) is 9.29. The van der Waals surface area contributed by atoms with Crippen LogP contribution in [0.25, 0.3) is 133 Å². The summed E-state index contributed by atoms with van der Waals surface area (Å²) in [5.74, 6) is 1.77. The van der Waals surface area contributed by atoms with Gasteiger partial charge in [-0.05, 0) is 103 Å². The molecule has 288 valence electrons. The van der Waals surface area contributed by atoms with E-state index in [1.54, 1.807) is 0 Å². The molecule has 3 aromatic heterocycles. The Morgan fingerprint density at radius 2 is 0.758 bits per heavy atom. The molecule has 0 amide bonds. The van der Waals surface area contributed by atoms with E-state index in [-0.39, 0.29) is 0 Å². The van der Waals surface area contributed by atoms with Crippen molar-refractivity contribution in [3.63, 3.8) is 0 Å². The van der Waals surface area contributed by atoms with Crippen molar-refractivity contribution in [3.05, 3.63) is 200 Å². The third-order valence-electron chi connectivity index (χ3n) is 12.3. The van der Waals surface area contributed by atoms with Crippen molar-refractivity contribution in [2.24, 2.45) is 0 Å². The number of para-hydroxylation sites is 1. The van der Waals surface area contributed by atoms with Crippen LogP contribution >= 0.6 is 0 Å². The fourth-order valence-electron chi connectivity index (χ4n) is 9.29. The Bertz CT molecular complexity index is 3950. The number of benzene rings is 10. The van der Waals surface area contributed by atoms with Gasteiger partial charge in [0.05, 0.1) is 0 Å². The number of hydrogen-bond donors (Lipinski definition) is 0. The molecule has 0 N–H and O–H groups in total. The Labute approximate surface area is 355 Å². The van der Waals surface area contributed by atoms with Gasteiger partial charge in [0.25, 0.3) is 0 Å². The topological polar surface area (TPSA) is 65.0 Å². The van der Waals surface area contributed by atoms with Gasteiger partial charge in [-0.3, -0.25) is 0 Å². The molecule has 0 fully saturated rings. The summed E-state index contributed by atoms with van der Waals surface area (Å²) in [7, 11) is 0. The summed E-state index contributed by atoms with van der Waals surface area (Å²) in [6.45, 7) is 0. The molecule has 3 heterocycles. The van der Waals surface area contributed by atoms with E-state index in [1.807, 2.05) is 24.3 Å². The van der Waals surface area contributed by atoms with E-state index in [9.17, 15) is 0 Å². The summed E-state index contributed by atoms with van der Waals surface area (Å²) in [6, 6.07) is 70.0. The molecule has 62 heavy (non-hydrogen) atoms. The van der Waals surface area contributed by atoms with Gasteiger partial charge in [0.15, 0.2) is 17.5 Å². The molecule has 13 rings (SSSR count). The van der Waals surface area contributed by atoms with Crippen molar-refractivity contribution in [2.45, 2.75) is 0 Å². The molecule has 5 heteroatoms. The third kappa shape index (κ3) is 5.52. The number of fused-ring (bicyclic) bond motifs is 9. The predicted octanol–water partition coefficient (Wildman–Crippen LogP) is 15.5. The van der Waals surface area contributed by atoms with Crippen LogP contribution in [0.15, 0.2) is 209 Å². The first kappa shape index (κ1) is 34.5. The highest BCUT2D eigenvalue weighted by Crippen LogP contribution is 2.42. The summed E-state index contributed by atoms with van der Waals surface area (Å²) in [4.78, 5) is 15.6. The standard InChI is InChI=1S/C57H33N3O2/c1-3-12-36-30-38(24-22-34(36)10-1)39-27-29-51-49(32-39)54-47(18-9-21-52(54)61-51)43-16-7-17-44-42(43)15-8-19-48(44)57-59-55(40-25-23-35-11-2-4-13-37(35)31-40)58-56(60-57)41-26-28-46-45-14-5-6-20-50(45)62-53(46)33-41/h1-33H. The van der Waals surface area contributed by atoms with Crippen LogP contribution in [0.3, 0.4) is 0 Å². The molecule has 0 saturated carbocycles. The van der Waals surface area contributed by atoms with Crippen molar-refractivity contribution in [1.82, 2.24) is 15.0 Å². The Hall–Kier alpha value is -8.41. The van der Waals surface area contributed by atoms with Crippen molar-refractivity contribution in [1.29, 1.82) is 0 Å². The zero-order valence-electron chi connectivity index (χ0n) is 33.2. The largest absolute Gasteiger partial charge is 0.456 e. The smallest absolute Gasteiger partial charge is 0.164 e. The third-order valence-corrected chi connectivity index (χ3v) is 12.3. The summed E-state index contributed by atoms with van der Waals surface area (Å²) >= 11 is 0. The normalized spacial score (nSPS) is 11.9. The van der Waals surface area contributed by atoms with Gasteiger partial charge < -0.3 is 8.83 Å². The number of hydrogen-bond acceptors (Lipinski definition) is 5. The fraction of sp³-hybridized carbons (Fsp3) is 0. The first-order chi connectivity index (χ1) is 30.7. The van der Waals surface area contributed by atoms with Crippen molar-refractivity contribution < 1.29 is 8.83 Å². The van der Waals surface area contributed by atoms with Crippen LogP contribution in [0, 0.1) is 0 Å². The molecule has 0 unspecified atom stereocenters. The highest BCUT2D eigenvalue weighted by atomic mass is 16.3. The molecule has 5 nitrogen and oxygen atoms in total. The minimum absolute atomic E-state index is 0.575. The molecule has 0 aliphatic heterocycles. The molecule has 0 aliphatic carbocycles. The summed E-state index contributed by atoms with van der Waals surface area (Å²) < 4.78 is 12.9. The Morgan fingerprint density at radius 1 is 0.258 bits per heavy atom. The van der Waals surface area contributed by atoms with E-state index in [4.69, 9.17) is 23.8 Å². The van der Waals surface area contributed by atoms with E-state index < -0.39 is 0 Å². The summed E-state index contributed by atoms with van der Waals surface area (Å²) in [5, 5.41) is 11.2. The van der Waals surface area contributed by atoms with Crippen molar-refractivity contribution >= 4 is 76.2 Å². The van der Waals surface area contributed by atoms with E-state index in [1.165, 1.54) is 16.3 Å². The molecular formula is C57H33N3O2. The minimum atomic E-state index is 0.575. The second-order valence-electron chi connectivity index (χ2n) is 15.9. The van der Waals surface area contributed by atoms with Gasteiger partial charge in [-0.2, -0.15) is 0 Å². The zero-order valence-corrected chi connectivity index (χ0v) is 33.2. The molecule has 0 bridgehead atoms. The average molecular weight is 792 g/mol. The lowest BCUT2D eigenvalue weighted by atomic mass is 9.92. The van der Waals surface area contributed by atoms with E-state index >= 15 is 0 Å². The first-order valence-electron chi connectivity index (χ1n) is 20.8. The molecule has 13 aromatic rings. The summed E-state index contributed by atoms with van der Waals surface area (Å²) in [5.41, 5.74) is 10.6. The maximum Gasteiger partial charge on any atom is 0.164 e. The molecule has 0 aliphatic rings. The van der Waals surface area contributed by atoms with Crippen LogP contribution < -0.4 is 0 Å². The van der Waals surface area contributed by atoms with Crippen molar-refractivity contribution in [3.8, 4) is 56.4 Å². The highest BCUT2D eigenvalue weighted by molar-refractivity contribution is 6.17. The first-order valence-corrected chi connectivity index (χ1v) is 20.8. The van der Waals surface area contributed by atoms with Gasteiger partial charge in [0.1, 0.15) is 22.3 Å². The van der Waals surface area contributed by atoms with Gasteiger partial charge in [-0.15, -0.1) is 0 Å². The molecule has 10 aromatic carbocycles. The van der Waals surface area contributed by atoms with Gasteiger partial charge in [0.2, 0.25) is 0 Å². The Balaban J connectivity index is 0.990. The molecule has 0 saturated heterocycles. The van der Waals surface area contributed by atoms with Gasteiger partial charge in [-0.25, -0.2) is 15.0 Å². The zero-order chi connectivity index (χ0) is 40.7. The number of aromatic nitrogens is 3. The van der Waals surface area contributed by atoms with Crippen LogP contribution in [0.2, 0.25) is 0 Å². The second-order valence-corrected chi connectivity index (χ2v) is 15.9. The van der Waals surface area contributed by atoms with Crippen LogP contribution in [0.4, 0.5) is 0 Å². The second kappa shape index (κ2) is 13.6. The van der Waals surface area contributed by atoms with E-state index in [0.29, 0.717) is 17.5 Å². The van der Waals surface area contributed by atoms with E-state index in [2.05, 4.69) is 176 Å². The highest BCUT2D eigenvalue weighted by Gasteiger charge is 2.19. The average Bonchev–Trinajstić information content (AvgIpc) is 3.91. The minimum Gasteiger partial charge on any atom is -0.456 e. The maximum atomic E-state index is 6.53. The molecule has 0 atom stereocenters. The number of furan rings is 2. The monoisotopic (exact) mass is 791 g/mol. The molecule has 0 radical (unpaired) electrons. The molecular weight excluding hydrogens is 759 g/mol. The van der Waals surface area contributed by atoms with Gasteiger partial charge in [-0.1, -0.05) is 152 Å². The summed E-state index contributed by atoms with van der Waals surface area (Å²) in [6.07, 6.45) is 0. The SMILES string of the molecule is c1ccc2cc(-c3ccc4oc5cccc(-c6cccc7c(-c8nc(-c9ccc%10ccccc%10c9)nc(-c9ccc%10c(c9)oc9ccccc9%10)n8)cccc67)c5c4c3)ccc2c1. The van der Waals surface area contributed by atoms with Crippen LogP contribution in [0.1, 0.15) is 0 Å². The van der Waals surface area contributed by atoms with E-state index in [0.717, 1.165) is 98.8 Å². The lowest BCUT2D eigenvalue weighted by molar-refractivity contribution is 0.668. The molecule has 0 spiro atoms. The Kier molecular flexibility index (Phi) is 7.54. The predicted molar refractivity (Wildman–Crippen MR) is 254 cm³/mol. The number of rotatable bonds is 5. The maximum absolute atomic E-state index is 6.53. The van der Waals surface area contributed by atoms with Crippen LogP contribution in [-0.4, -0.2) is 15.0 Å². The number of nitrogens with zero attached hydrogens (tertiary/aromatic N) is 3. The lowest BCUT2D eigenvalue weighted by Crippen LogP contribution is -2.00.